The second-order valence-electron chi connectivity index (χ2n) is 7.04. The second kappa shape index (κ2) is 9.98. The van der Waals surface area contributed by atoms with Crippen molar-refractivity contribution >= 4 is 51.0 Å². The summed E-state index contributed by atoms with van der Waals surface area (Å²) in [7, 11) is 0. The number of carbonyl (C=O) groups is 1. The standard InChI is InChI=1S/C21H22FN3O2S3/c22-15-6-2-1-4-13(15)10-28-9-8-23-18(26)12-29-11-17-24-20(27)19-14-5-3-7-16(14)30-21(19)25-17/h1-2,4,6H,3,5,7-12H2,(H,23,26)(H,24,25,27). The van der Waals surface area contributed by atoms with Crippen molar-refractivity contribution in [2.75, 3.05) is 18.1 Å². The summed E-state index contributed by atoms with van der Waals surface area (Å²) in [5.74, 6) is 2.48. The van der Waals surface area contributed by atoms with Gasteiger partial charge in [0.2, 0.25) is 5.91 Å². The van der Waals surface area contributed by atoms with Gasteiger partial charge in [0.05, 0.1) is 16.9 Å². The Kier molecular flexibility index (Phi) is 7.12. The number of amides is 1. The molecule has 5 nitrogen and oxygen atoms in total. The molecule has 2 aromatic heterocycles. The van der Waals surface area contributed by atoms with Crippen LogP contribution >= 0.6 is 34.9 Å². The highest BCUT2D eigenvalue weighted by Gasteiger charge is 2.21. The van der Waals surface area contributed by atoms with Gasteiger partial charge < -0.3 is 10.3 Å². The number of carbonyl (C=O) groups excluding carboxylic acids is 1. The van der Waals surface area contributed by atoms with Gasteiger partial charge in [-0.25, -0.2) is 9.37 Å². The highest BCUT2D eigenvalue weighted by atomic mass is 32.2. The summed E-state index contributed by atoms with van der Waals surface area (Å²) in [5, 5.41) is 3.63. The van der Waals surface area contributed by atoms with E-state index in [0.29, 0.717) is 35.2 Å². The second-order valence-corrected chi connectivity index (χ2v) is 10.2. The number of nitrogens with zero attached hydrogens (tertiary/aromatic N) is 1. The van der Waals surface area contributed by atoms with Crippen molar-refractivity contribution in [1.82, 2.24) is 15.3 Å². The van der Waals surface area contributed by atoms with Gasteiger partial charge in [-0.15, -0.1) is 23.1 Å². The van der Waals surface area contributed by atoms with E-state index in [0.717, 1.165) is 35.2 Å². The molecule has 1 aromatic carbocycles. The molecule has 158 valence electrons. The molecule has 2 N–H and O–H groups in total. The zero-order valence-corrected chi connectivity index (χ0v) is 18.8. The fourth-order valence-corrected chi connectivity index (χ4v) is 6.31. The van der Waals surface area contributed by atoms with E-state index < -0.39 is 0 Å². The molecule has 1 aliphatic rings. The van der Waals surface area contributed by atoms with Gasteiger partial charge in [0.15, 0.2) is 0 Å². The molecule has 9 heteroatoms. The zero-order chi connectivity index (χ0) is 20.9. The molecule has 1 amide bonds. The van der Waals surface area contributed by atoms with E-state index in [1.165, 1.54) is 28.3 Å². The van der Waals surface area contributed by atoms with Gasteiger partial charge in [0.25, 0.3) is 5.56 Å². The third kappa shape index (κ3) is 5.07. The number of H-pyrrole nitrogens is 1. The predicted octanol–water partition coefficient (Wildman–Crippen LogP) is 3.90. The van der Waals surface area contributed by atoms with Gasteiger partial charge in [-0.05, 0) is 36.5 Å². The van der Waals surface area contributed by atoms with Crippen molar-refractivity contribution in [1.29, 1.82) is 0 Å². The van der Waals surface area contributed by atoms with Gasteiger partial charge in [-0.3, -0.25) is 9.59 Å². The number of halogens is 1. The summed E-state index contributed by atoms with van der Waals surface area (Å²) in [5.41, 5.74) is 1.79. The lowest BCUT2D eigenvalue weighted by Gasteiger charge is -2.06. The molecular formula is C21H22FN3O2S3. The first-order valence-electron chi connectivity index (χ1n) is 9.81. The Hall–Kier alpha value is -1.84. The Bertz CT molecular complexity index is 1110. The average molecular weight is 464 g/mol. The van der Waals surface area contributed by atoms with E-state index in [1.54, 1.807) is 35.2 Å². The summed E-state index contributed by atoms with van der Waals surface area (Å²) in [6.45, 7) is 0.542. The number of rotatable bonds is 9. The Balaban J connectivity index is 1.18. The number of aryl methyl sites for hydroxylation is 2. The Morgan fingerprint density at radius 3 is 2.97 bits per heavy atom. The quantitative estimate of drug-likeness (QED) is 0.471. The third-order valence-electron chi connectivity index (χ3n) is 4.88. The zero-order valence-electron chi connectivity index (χ0n) is 16.3. The minimum atomic E-state index is -0.192. The van der Waals surface area contributed by atoms with Crippen LogP contribution in [0.25, 0.3) is 10.2 Å². The van der Waals surface area contributed by atoms with Gasteiger partial charge in [-0.2, -0.15) is 11.8 Å². The van der Waals surface area contributed by atoms with Crippen molar-refractivity contribution < 1.29 is 9.18 Å². The lowest BCUT2D eigenvalue weighted by molar-refractivity contribution is -0.118. The maximum atomic E-state index is 13.5. The molecule has 0 saturated heterocycles. The van der Waals surface area contributed by atoms with E-state index in [9.17, 15) is 14.0 Å². The molecule has 0 fully saturated rings. The van der Waals surface area contributed by atoms with Crippen molar-refractivity contribution in [2.24, 2.45) is 0 Å². The molecule has 0 spiro atoms. The van der Waals surface area contributed by atoms with Crippen molar-refractivity contribution in [3.63, 3.8) is 0 Å². The Morgan fingerprint density at radius 2 is 2.10 bits per heavy atom. The fourth-order valence-electron chi connectivity index (χ4n) is 3.47. The van der Waals surface area contributed by atoms with E-state index in [2.05, 4.69) is 15.3 Å². The van der Waals surface area contributed by atoms with Crippen LogP contribution in [0.4, 0.5) is 4.39 Å². The van der Waals surface area contributed by atoms with Gasteiger partial charge in [0, 0.05) is 22.9 Å². The number of aromatic amines is 1. The van der Waals surface area contributed by atoms with Crippen molar-refractivity contribution in [3.8, 4) is 0 Å². The summed E-state index contributed by atoms with van der Waals surface area (Å²) < 4.78 is 13.5. The van der Waals surface area contributed by atoms with Crippen LogP contribution < -0.4 is 10.9 Å². The van der Waals surface area contributed by atoms with Crippen LogP contribution in [0.15, 0.2) is 29.1 Å². The molecule has 2 heterocycles. The van der Waals surface area contributed by atoms with Crippen molar-refractivity contribution in [3.05, 3.63) is 62.3 Å². The number of hydrogen-bond acceptors (Lipinski definition) is 6. The monoisotopic (exact) mass is 463 g/mol. The summed E-state index contributed by atoms with van der Waals surface area (Å²) in [4.78, 5) is 34.0. The topological polar surface area (TPSA) is 74.8 Å². The summed E-state index contributed by atoms with van der Waals surface area (Å²) in [6, 6.07) is 6.73. The highest BCUT2D eigenvalue weighted by molar-refractivity contribution is 7.99. The highest BCUT2D eigenvalue weighted by Crippen LogP contribution is 2.34. The van der Waals surface area contributed by atoms with Gasteiger partial charge >= 0.3 is 0 Å². The summed E-state index contributed by atoms with van der Waals surface area (Å²) in [6.07, 6.45) is 3.12. The maximum absolute atomic E-state index is 13.5. The van der Waals surface area contributed by atoms with Crippen LogP contribution in [0.2, 0.25) is 0 Å². The van der Waals surface area contributed by atoms with Crippen molar-refractivity contribution in [2.45, 2.75) is 30.8 Å². The molecule has 0 aliphatic heterocycles. The van der Waals surface area contributed by atoms with E-state index in [4.69, 9.17) is 0 Å². The number of benzene rings is 1. The molecule has 0 unspecified atom stereocenters. The average Bonchev–Trinajstić information content (AvgIpc) is 3.30. The van der Waals surface area contributed by atoms with Crippen LogP contribution in [-0.4, -0.2) is 33.9 Å². The minimum absolute atomic E-state index is 0.0509. The molecule has 3 aromatic rings. The van der Waals surface area contributed by atoms with Crippen LogP contribution in [-0.2, 0) is 29.1 Å². The van der Waals surface area contributed by atoms with Gasteiger partial charge in [-0.1, -0.05) is 18.2 Å². The molecule has 0 bridgehead atoms. The van der Waals surface area contributed by atoms with E-state index >= 15 is 0 Å². The molecule has 0 atom stereocenters. The smallest absolute Gasteiger partial charge is 0.259 e. The molecule has 0 radical (unpaired) electrons. The number of nitrogens with one attached hydrogen (secondary N) is 2. The number of thiophene rings is 1. The normalized spacial score (nSPS) is 13.0. The number of hydrogen-bond donors (Lipinski definition) is 2. The fraction of sp³-hybridized carbons (Fsp3) is 0.381. The SMILES string of the molecule is O=C(CSCc1nc2sc3c(c2c(=O)[nH]1)CCC3)NCCSCc1ccccc1F. The Labute approximate surface area is 186 Å². The molecule has 0 saturated carbocycles. The minimum Gasteiger partial charge on any atom is -0.355 e. The van der Waals surface area contributed by atoms with Crippen LogP contribution in [0.1, 0.15) is 28.2 Å². The molecule has 30 heavy (non-hydrogen) atoms. The van der Waals surface area contributed by atoms with E-state index in [-0.39, 0.29) is 17.3 Å². The lowest BCUT2D eigenvalue weighted by Crippen LogP contribution is -2.27. The number of thioether (sulfide) groups is 2. The first-order chi connectivity index (χ1) is 14.6. The molecular weight excluding hydrogens is 441 g/mol. The first kappa shape index (κ1) is 21.4. The molecule has 4 rings (SSSR count). The van der Waals surface area contributed by atoms with Gasteiger partial charge in [0.1, 0.15) is 16.5 Å². The van der Waals surface area contributed by atoms with Crippen LogP contribution in [0.5, 0.6) is 0 Å². The van der Waals surface area contributed by atoms with E-state index in [1.807, 2.05) is 6.07 Å². The number of fused-ring (bicyclic) bond motifs is 3. The molecule has 1 aliphatic carbocycles. The Morgan fingerprint density at radius 1 is 1.23 bits per heavy atom. The van der Waals surface area contributed by atoms with Crippen LogP contribution in [0.3, 0.4) is 0 Å². The largest absolute Gasteiger partial charge is 0.355 e. The van der Waals surface area contributed by atoms with Crippen LogP contribution in [0, 0.1) is 5.82 Å². The first-order valence-corrected chi connectivity index (χ1v) is 12.9. The maximum Gasteiger partial charge on any atom is 0.259 e. The number of aromatic nitrogens is 2. The lowest BCUT2D eigenvalue weighted by atomic mass is 10.2. The third-order valence-corrected chi connectivity index (χ3v) is 8.02. The predicted molar refractivity (Wildman–Crippen MR) is 124 cm³/mol. The summed E-state index contributed by atoms with van der Waals surface area (Å²) >= 11 is 4.64.